The van der Waals surface area contributed by atoms with Gasteiger partial charge >= 0.3 is 6.09 Å². The first-order chi connectivity index (χ1) is 10.8. The minimum absolute atomic E-state index is 0.221. The Morgan fingerprint density at radius 1 is 1.09 bits per heavy atom. The third-order valence-corrected chi connectivity index (χ3v) is 4.25. The number of rotatable bonds is 1. The molecule has 6 nitrogen and oxygen atoms in total. The topological polar surface area (TPSA) is 58.6 Å². The van der Waals surface area contributed by atoms with E-state index in [1.54, 1.807) is 4.90 Å². The molecule has 1 fully saturated rings. The fourth-order valence-corrected chi connectivity index (χ4v) is 3.22. The first-order valence-electron chi connectivity index (χ1n) is 8.43. The summed E-state index contributed by atoms with van der Waals surface area (Å²) in [6, 6.07) is 0. The van der Waals surface area contributed by atoms with Crippen LogP contribution in [0, 0.1) is 6.92 Å². The Balaban J connectivity index is 1.67. The van der Waals surface area contributed by atoms with Crippen LogP contribution >= 0.6 is 0 Å². The van der Waals surface area contributed by atoms with Crippen LogP contribution in [0.15, 0.2) is 0 Å². The molecule has 3 rings (SSSR count). The van der Waals surface area contributed by atoms with Crippen LogP contribution in [-0.4, -0.2) is 52.7 Å². The maximum absolute atomic E-state index is 12.2. The van der Waals surface area contributed by atoms with Gasteiger partial charge in [0.15, 0.2) is 0 Å². The molecule has 1 aliphatic carbocycles. The summed E-state index contributed by atoms with van der Waals surface area (Å²) in [5, 5.41) is 0. The van der Waals surface area contributed by atoms with Gasteiger partial charge in [-0.25, -0.2) is 14.8 Å². The molecule has 0 unspecified atom stereocenters. The molecule has 2 heterocycles. The highest BCUT2D eigenvalue weighted by molar-refractivity contribution is 5.68. The Labute approximate surface area is 137 Å². The second kappa shape index (κ2) is 5.98. The van der Waals surface area contributed by atoms with Gasteiger partial charge in [0.25, 0.3) is 0 Å². The number of amides is 1. The highest BCUT2D eigenvalue weighted by Crippen LogP contribution is 2.29. The zero-order chi connectivity index (χ0) is 16.6. The van der Waals surface area contributed by atoms with Gasteiger partial charge in [0.1, 0.15) is 17.2 Å². The van der Waals surface area contributed by atoms with Gasteiger partial charge in [-0.3, -0.25) is 0 Å². The van der Waals surface area contributed by atoms with Crippen molar-refractivity contribution < 1.29 is 9.53 Å². The summed E-state index contributed by atoms with van der Waals surface area (Å²) in [6.45, 7) is 10.6. The average molecular weight is 318 g/mol. The molecule has 0 bridgehead atoms. The number of piperazine rings is 1. The first-order valence-corrected chi connectivity index (χ1v) is 8.43. The van der Waals surface area contributed by atoms with Crippen molar-refractivity contribution in [1.82, 2.24) is 14.9 Å². The van der Waals surface area contributed by atoms with Gasteiger partial charge in [0.05, 0.1) is 0 Å². The number of ether oxygens (including phenoxy) is 1. The molecule has 0 atom stereocenters. The number of aryl methyl sites for hydroxylation is 2. The van der Waals surface area contributed by atoms with E-state index in [2.05, 4.69) is 14.9 Å². The van der Waals surface area contributed by atoms with Crippen molar-refractivity contribution in [2.24, 2.45) is 0 Å². The zero-order valence-corrected chi connectivity index (χ0v) is 14.6. The fraction of sp³-hybridized carbons (Fsp3) is 0.706. The molecule has 6 heteroatoms. The Morgan fingerprint density at radius 2 is 1.78 bits per heavy atom. The van der Waals surface area contributed by atoms with E-state index >= 15 is 0 Å². The number of hydrogen-bond acceptors (Lipinski definition) is 5. The number of carbonyl (C=O) groups excluding carboxylic acids is 1. The van der Waals surface area contributed by atoms with Gasteiger partial charge < -0.3 is 14.5 Å². The van der Waals surface area contributed by atoms with Gasteiger partial charge in [-0.15, -0.1) is 0 Å². The van der Waals surface area contributed by atoms with Gasteiger partial charge in [-0.1, -0.05) is 0 Å². The predicted octanol–water partition coefficient (Wildman–Crippen LogP) is 2.33. The molecule has 0 spiro atoms. The molecular formula is C17H26N4O2. The van der Waals surface area contributed by atoms with E-state index in [0.717, 1.165) is 37.6 Å². The predicted molar refractivity (Wildman–Crippen MR) is 88.8 cm³/mol. The molecule has 2 aliphatic rings. The second-order valence-corrected chi connectivity index (χ2v) is 7.33. The Bertz CT molecular complexity index is 601. The molecular weight excluding hydrogens is 292 g/mol. The number of nitrogens with zero attached hydrogens (tertiary/aromatic N) is 4. The van der Waals surface area contributed by atoms with Crippen LogP contribution in [0.1, 0.15) is 44.3 Å². The minimum Gasteiger partial charge on any atom is -0.444 e. The molecule has 23 heavy (non-hydrogen) atoms. The fourth-order valence-electron chi connectivity index (χ4n) is 3.22. The second-order valence-electron chi connectivity index (χ2n) is 7.33. The lowest BCUT2D eigenvalue weighted by atomic mass is 10.2. The summed E-state index contributed by atoms with van der Waals surface area (Å²) < 4.78 is 5.45. The Morgan fingerprint density at radius 3 is 2.43 bits per heavy atom. The molecule has 0 aromatic carbocycles. The van der Waals surface area contributed by atoms with E-state index in [-0.39, 0.29) is 6.09 Å². The molecule has 126 valence electrons. The summed E-state index contributed by atoms with van der Waals surface area (Å²) in [7, 11) is 0. The smallest absolute Gasteiger partial charge is 0.410 e. The first kappa shape index (κ1) is 16.0. The largest absolute Gasteiger partial charge is 0.444 e. The number of aromatic nitrogens is 2. The lowest BCUT2D eigenvalue weighted by Gasteiger charge is -2.36. The van der Waals surface area contributed by atoms with E-state index in [4.69, 9.17) is 4.74 Å². The lowest BCUT2D eigenvalue weighted by molar-refractivity contribution is 0.0240. The molecule has 0 radical (unpaired) electrons. The van der Waals surface area contributed by atoms with E-state index in [0.29, 0.717) is 13.1 Å². The molecule has 1 aromatic heterocycles. The van der Waals surface area contributed by atoms with Crippen LogP contribution in [0.4, 0.5) is 10.6 Å². The quantitative estimate of drug-likeness (QED) is 0.795. The third-order valence-electron chi connectivity index (χ3n) is 4.25. The Hall–Kier alpha value is -1.85. The maximum atomic E-state index is 12.2. The van der Waals surface area contributed by atoms with Crippen LogP contribution in [0.25, 0.3) is 0 Å². The van der Waals surface area contributed by atoms with Gasteiger partial charge in [0.2, 0.25) is 0 Å². The van der Waals surface area contributed by atoms with Gasteiger partial charge in [-0.05, 0) is 47.0 Å². The van der Waals surface area contributed by atoms with Crippen molar-refractivity contribution >= 4 is 11.9 Å². The van der Waals surface area contributed by atoms with Crippen molar-refractivity contribution in [3.8, 4) is 0 Å². The van der Waals surface area contributed by atoms with Crippen molar-refractivity contribution in [2.75, 3.05) is 31.1 Å². The van der Waals surface area contributed by atoms with Crippen molar-refractivity contribution in [3.63, 3.8) is 0 Å². The third kappa shape index (κ3) is 3.57. The summed E-state index contributed by atoms with van der Waals surface area (Å²) in [5.74, 6) is 1.92. The summed E-state index contributed by atoms with van der Waals surface area (Å²) in [6.07, 6.45) is 3.07. The number of hydrogen-bond donors (Lipinski definition) is 0. The summed E-state index contributed by atoms with van der Waals surface area (Å²) in [5.41, 5.74) is 2.07. The van der Waals surface area contributed by atoms with Crippen LogP contribution < -0.4 is 4.90 Å². The number of anilines is 1. The number of carbonyl (C=O) groups is 1. The molecule has 1 amide bonds. The van der Waals surface area contributed by atoms with E-state index in [9.17, 15) is 4.79 Å². The van der Waals surface area contributed by atoms with Crippen LogP contribution in [0.2, 0.25) is 0 Å². The average Bonchev–Trinajstić information content (AvgIpc) is 2.93. The van der Waals surface area contributed by atoms with E-state index in [1.165, 1.54) is 17.7 Å². The van der Waals surface area contributed by atoms with Crippen LogP contribution in [0.3, 0.4) is 0 Å². The zero-order valence-electron chi connectivity index (χ0n) is 14.6. The SMILES string of the molecule is Cc1nc2c(c(N3CCN(C(=O)OC(C)(C)C)CC3)n1)CCC2. The van der Waals surface area contributed by atoms with Crippen LogP contribution in [0.5, 0.6) is 0 Å². The highest BCUT2D eigenvalue weighted by Gasteiger charge is 2.28. The lowest BCUT2D eigenvalue weighted by Crippen LogP contribution is -2.50. The molecule has 1 aliphatic heterocycles. The summed E-state index contributed by atoms with van der Waals surface area (Å²) in [4.78, 5) is 25.5. The molecule has 1 aromatic rings. The maximum Gasteiger partial charge on any atom is 0.410 e. The van der Waals surface area contributed by atoms with Crippen molar-refractivity contribution in [3.05, 3.63) is 17.1 Å². The minimum atomic E-state index is -0.446. The van der Waals surface area contributed by atoms with Crippen LogP contribution in [-0.2, 0) is 17.6 Å². The standard InChI is InChI=1S/C17H26N4O2/c1-12-18-14-7-5-6-13(14)15(19-12)20-8-10-21(11-9-20)16(22)23-17(2,3)4/h5-11H2,1-4H3. The van der Waals surface area contributed by atoms with Crippen molar-refractivity contribution in [1.29, 1.82) is 0 Å². The molecule has 0 saturated carbocycles. The normalized spacial score (nSPS) is 18.1. The highest BCUT2D eigenvalue weighted by atomic mass is 16.6. The molecule has 1 saturated heterocycles. The van der Waals surface area contributed by atoms with Gasteiger partial charge in [-0.2, -0.15) is 0 Å². The Kier molecular flexibility index (Phi) is 4.17. The molecule has 0 N–H and O–H groups in total. The van der Waals surface area contributed by atoms with E-state index in [1.807, 2.05) is 27.7 Å². The monoisotopic (exact) mass is 318 g/mol. The van der Waals surface area contributed by atoms with E-state index < -0.39 is 5.60 Å². The van der Waals surface area contributed by atoms with Gasteiger partial charge in [0, 0.05) is 37.4 Å². The van der Waals surface area contributed by atoms with Crippen molar-refractivity contribution in [2.45, 2.75) is 52.6 Å². The number of fused-ring (bicyclic) bond motifs is 1. The summed E-state index contributed by atoms with van der Waals surface area (Å²) >= 11 is 0.